The van der Waals surface area contributed by atoms with E-state index in [-0.39, 0.29) is 19.1 Å². The smallest absolute Gasteiger partial charge is 0.272 e. The minimum absolute atomic E-state index is 0.0301. The average molecular weight is 324 g/mol. The summed E-state index contributed by atoms with van der Waals surface area (Å²) in [6.07, 6.45) is 0. The number of aromatic nitrogens is 1. The number of hydrogen-bond acceptors (Lipinski definition) is 3. The van der Waals surface area contributed by atoms with Crippen molar-refractivity contribution in [3.05, 3.63) is 59.3 Å². The molecule has 0 spiro atoms. The number of aliphatic hydroxyl groups excluding tert-OH is 1. The summed E-state index contributed by atoms with van der Waals surface area (Å²) < 4.78 is 5.30. The molecule has 0 aliphatic heterocycles. The zero-order chi connectivity index (χ0) is 17.1. The van der Waals surface area contributed by atoms with E-state index in [1.807, 2.05) is 26.0 Å². The number of benzene rings is 2. The van der Waals surface area contributed by atoms with Gasteiger partial charge in [-0.15, -0.1) is 0 Å². The number of fused-ring (bicyclic) bond motifs is 1. The van der Waals surface area contributed by atoms with Gasteiger partial charge in [0.05, 0.1) is 6.61 Å². The van der Waals surface area contributed by atoms with Crippen LogP contribution in [0.4, 0.5) is 5.69 Å². The highest BCUT2D eigenvalue weighted by molar-refractivity contribution is 6.07. The van der Waals surface area contributed by atoms with Crippen molar-refractivity contribution in [2.45, 2.75) is 13.8 Å². The van der Waals surface area contributed by atoms with E-state index in [0.717, 1.165) is 22.0 Å². The highest BCUT2D eigenvalue weighted by Gasteiger charge is 2.15. The van der Waals surface area contributed by atoms with Crippen LogP contribution in [0.2, 0.25) is 0 Å². The fourth-order valence-corrected chi connectivity index (χ4v) is 2.66. The molecule has 0 radical (unpaired) electrons. The summed E-state index contributed by atoms with van der Waals surface area (Å²) in [5.74, 6) is 0.477. The number of aryl methyl sites for hydroxylation is 2. The van der Waals surface area contributed by atoms with Crippen molar-refractivity contribution >= 4 is 22.5 Å². The third-order valence-corrected chi connectivity index (χ3v) is 3.91. The van der Waals surface area contributed by atoms with E-state index in [9.17, 15) is 4.79 Å². The lowest BCUT2D eigenvalue weighted by molar-refractivity contribution is 0.102. The van der Waals surface area contributed by atoms with Crippen molar-refractivity contribution in [3.8, 4) is 5.75 Å². The predicted molar refractivity (Wildman–Crippen MR) is 94.7 cm³/mol. The monoisotopic (exact) mass is 324 g/mol. The first-order valence-corrected chi connectivity index (χ1v) is 7.82. The van der Waals surface area contributed by atoms with Crippen molar-refractivity contribution in [1.82, 2.24) is 4.98 Å². The number of carbonyl (C=O) groups excluding carboxylic acids is 1. The van der Waals surface area contributed by atoms with E-state index in [1.54, 1.807) is 24.3 Å². The molecule has 5 nitrogen and oxygen atoms in total. The van der Waals surface area contributed by atoms with Gasteiger partial charge in [0.25, 0.3) is 5.91 Å². The molecule has 1 heterocycles. The zero-order valence-electron chi connectivity index (χ0n) is 13.7. The second kappa shape index (κ2) is 6.76. The maximum atomic E-state index is 12.5. The predicted octanol–water partition coefficient (Wildman–Crippen LogP) is 3.41. The molecule has 0 aliphatic rings. The number of anilines is 1. The third kappa shape index (κ3) is 3.26. The number of hydrogen-bond donors (Lipinski definition) is 3. The van der Waals surface area contributed by atoms with Gasteiger partial charge in [-0.25, -0.2) is 0 Å². The number of ether oxygens (including phenoxy) is 1. The lowest BCUT2D eigenvalue weighted by Crippen LogP contribution is -2.13. The molecule has 2 aromatic carbocycles. The minimum atomic E-state index is -0.176. The molecule has 3 aromatic rings. The molecular formula is C19H20N2O3. The maximum absolute atomic E-state index is 12.5. The number of amides is 1. The van der Waals surface area contributed by atoms with Crippen molar-refractivity contribution in [2.75, 3.05) is 18.5 Å². The van der Waals surface area contributed by atoms with E-state index in [4.69, 9.17) is 9.84 Å². The SMILES string of the molecule is Cc1ccc2[nH]c(C(=O)Nc3ccc(OCCO)cc3)c(C)c2c1. The van der Waals surface area contributed by atoms with Crippen LogP contribution in [0.3, 0.4) is 0 Å². The van der Waals surface area contributed by atoms with Crippen LogP contribution in [0.25, 0.3) is 10.9 Å². The lowest BCUT2D eigenvalue weighted by atomic mass is 10.1. The Labute approximate surface area is 140 Å². The lowest BCUT2D eigenvalue weighted by Gasteiger charge is -2.07. The van der Waals surface area contributed by atoms with Gasteiger partial charge in [0.1, 0.15) is 18.1 Å². The Bertz CT molecular complexity index is 866. The van der Waals surface area contributed by atoms with Gasteiger partial charge in [-0.2, -0.15) is 0 Å². The van der Waals surface area contributed by atoms with Gasteiger partial charge < -0.3 is 20.1 Å². The van der Waals surface area contributed by atoms with Gasteiger partial charge in [0.15, 0.2) is 0 Å². The fourth-order valence-electron chi connectivity index (χ4n) is 2.66. The maximum Gasteiger partial charge on any atom is 0.272 e. The average Bonchev–Trinajstić information content (AvgIpc) is 2.91. The van der Waals surface area contributed by atoms with Crippen molar-refractivity contribution in [2.24, 2.45) is 0 Å². The third-order valence-electron chi connectivity index (χ3n) is 3.91. The Kier molecular flexibility index (Phi) is 4.53. The molecule has 24 heavy (non-hydrogen) atoms. The Morgan fingerprint density at radius 3 is 2.62 bits per heavy atom. The summed E-state index contributed by atoms with van der Waals surface area (Å²) in [5, 5.41) is 12.7. The van der Waals surface area contributed by atoms with Crippen LogP contribution in [0.5, 0.6) is 5.75 Å². The first-order chi connectivity index (χ1) is 11.6. The number of aliphatic hydroxyl groups is 1. The van der Waals surface area contributed by atoms with Crippen LogP contribution >= 0.6 is 0 Å². The van der Waals surface area contributed by atoms with Crippen LogP contribution in [0.15, 0.2) is 42.5 Å². The zero-order valence-corrected chi connectivity index (χ0v) is 13.7. The molecule has 1 aromatic heterocycles. The molecule has 0 saturated carbocycles. The summed E-state index contributed by atoms with van der Waals surface area (Å²) in [4.78, 5) is 15.7. The normalized spacial score (nSPS) is 10.8. The molecule has 0 aliphatic carbocycles. The number of nitrogens with one attached hydrogen (secondary N) is 2. The van der Waals surface area contributed by atoms with Crippen molar-refractivity contribution in [1.29, 1.82) is 0 Å². The van der Waals surface area contributed by atoms with Crippen LogP contribution < -0.4 is 10.1 Å². The van der Waals surface area contributed by atoms with E-state index in [0.29, 0.717) is 17.1 Å². The Morgan fingerprint density at radius 1 is 1.17 bits per heavy atom. The molecule has 124 valence electrons. The summed E-state index contributed by atoms with van der Waals surface area (Å²) in [6.45, 7) is 4.20. The molecule has 0 atom stereocenters. The summed E-state index contributed by atoms with van der Waals surface area (Å²) in [6, 6.07) is 13.1. The molecule has 0 fully saturated rings. The molecule has 0 unspecified atom stereocenters. The van der Waals surface area contributed by atoms with Crippen molar-refractivity contribution in [3.63, 3.8) is 0 Å². The second-order valence-corrected chi connectivity index (χ2v) is 5.72. The Balaban J connectivity index is 1.78. The summed E-state index contributed by atoms with van der Waals surface area (Å²) in [5.41, 5.74) is 4.31. The van der Waals surface area contributed by atoms with Gasteiger partial charge >= 0.3 is 0 Å². The van der Waals surface area contributed by atoms with Gasteiger partial charge in [-0.1, -0.05) is 11.6 Å². The summed E-state index contributed by atoms with van der Waals surface area (Å²) in [7, 11) is 0. The number of carbonyl (C=O) groups is 1. The largest absolute Gasteiger partial charge is 0.491 e. The van der Waals surface area contributed by atoms with Gasteiger partial charge in [-0.05, 0) is 55.8 Å². The molecule has 0 bridgehead atoms. The van der Waals surface area contributed by atoms with E-state index < -0.39 is 0 Å². The van der Waals surface area contributed by atoms with E-state index in [1.165, 1.54) is 0 Å². The van der Waals surface area contributed by atoms with Crippen LogP contribution in [0, 0.1) is 13.8 Å². The number of aromatic amines is 1. The first-order valence-electron chi connectivity index (χ1n) is 7.82. The molecule has 0 saturated heterocycles. The molecule has 3 N–H and O–H groups in total. The quantitative estimate of drug-likeness (QED) is 0.673. The number of rotatable bonds is 5. The fraction of sp³-hybridized carbons (Fsp3) is 0.211. The van der Waals surface area contributed by atoms with Crippen molar-refractivity contribution < 1.29 is 14.6 Å². The molecule has 1 amide bonds. The van der Waals surface area contributed by atoms with E-state index >= 15 is 0 Å². The molecule has 3 rings (SSSR count). The summed E-state index contributed by atoms with van der Waals surface area (Å²) >= 11 is 0. The topological polar surface area (TPSA) is 74.4 Å². The highest BCUT2D eigenvalue weighted by atomic mass is 16.5. The minimum Gasteiger partial charge on any atom is -0.491 e. The Hall–Kier alpha value is -2.79. The van der Waals surface area contributed by atoms with Crippen LogP contribution in [-0.4, -0.2) is 29.2 Å². The van der Waals surface area contributed by atoms with Gasteiger partial charge in [0.2, 0.25) is 0 Å². The standard InChI is InChI=1S/C19H20N2O3/c1-12-3-8-17-16(11-12)13(2)18(21-17)19(23)20-14-4-6-15(7-5-14)24-10-9-22/h3-8,11,21-22H,9-10H2,1-2H3,(H,20,23). The first kappa shape index (κ1) is 16.1. The molecule has 5 heteroatoms. The highest BCUT2D eigenvalue weighted by Crippen LogP contribution is 2.24. The van der Waals surface area contributed by atoms with Gasteiger partial charge in [0, 0.05) is 16.6 Å². The van der Waals surface area contributed by atoms with Gasteiger partial charge in [-0.3, -0.25) is 4.79 Å². The number of H-pyrrole nitrogens is 1. The molecular weight excluding hydrogens is 304 g/mol. The van der Waals surface area contributed by atoms with Crippen LogP contribution in [-0.2, 0) is 0 Å². The second-order valence-electron chi connectivity index (χ2n) is 5.72. The van der Waals surface area contributed by atoms with E-state index in [2.05, 4.69) is 16.4 Å². The van der Waals surface area contributed by atoms with Crippen LogP contribution in [0.1, 0.15) is 21.6 Å². The Morgan fingerprint density at radius 2 is 1.92 bits per heavy atom.